The Morgan fingerprint density at radius 1 is 1.18 bits per heavy atom. The standard InChI is InChI=1S/C25H25F3N4O2/c1-3-22(33)29-18-8-5-9-19(14-18)32-21-11-10-15(2)12-20(21)30-24(32)31-23(34)16-6-4-7-17(13-16)25(26,27)28/h3-4,6-7,10-13,18-19H,1,5,8-9,14H2,2H3,(H,29,33)(H,30,31,34). The Morgan fingerprint density at radius 3 is 2.71 bits per heavy atom. The Kier molecular flexibility index (Phi) is 6.45. The number of nitrogens with one attached hydrogen (secondary N) is 2. The summed E-state index contributed by atoms with van der Waals surface area (Å²) < 4.78 is 41.3. The quantitative estimate of drug-likeness (QED) is 0.490. The van der Waals surface area contributed by atoms with Crippen LogP contribution in [0.4, 0.5) is 19.1 Å². The molecule has 1 heterocycles. The topological polar surface area (TPSA) is 76.0 Å². The monoisotopic (exact) mass is 470 g/mol. The summed E-state index contributed by atoms with van der Waals surface area (Å²) in [6, 6.07) is 9.94. The molecule has 0 spiro atoms. The first kappa shape index (κ1) is 23.5. The molecule has 0 radical (unpaired) electrons. The van der Waals surface area contributed by atoms with Gasteiger partial charge in [-0.2, -0.15) is 13.2 Å². The van der Waals surface area contributed by atoms with Gasteiger partial charge in [0.2, 0.25) is 11.9 Å². The maximum Gasteiger partial charge on any atom is 0.416 e. The summed E-state index contributed by atoms with van der Waals surface area (Å²) in [6.07, 6.45) is -0.182. The van der Waals surface area contributed by atoms with Crippen LogP contribution in [-0.4, -0.2) is 27.4 Å². The van der Waals surface area contributed by atoms with E-state index in [1.54, 1.807) is 0 Å². The Hall–Kier alpha value is -3.62. The van der Waals surface area contributed by atoms with Gasteiger partial charge in [-0.1, -0.05) is 18.7 Å². The van der Waals surface area contributed by atoms with Gasteiger partial charge >= 0.3 is 6.18 Å². The molecule has 34 heavy (non-hydrogen) atoms. The van der Waals surface area contributed by atoms with Crippen LogP contribution in [0.1, 0.15) is 53.2 Å². The van der Waals surface area contributed by atoms with Gasteiger partial charge in [-0.3, -0.25) is 14.9 Å². The van der Waals surface area contributed by atoms with Gasteiger partial charge in [-0.05, 0) is 74.6 Å². The molecule has 1 aromatic heterocycles. The van der Waals surface area contributed by atoms with E-state index in [1.807, 2.05) is 29.7 Å². The summed E-state index contributed by atoms with van der Waals surface area (Å²) in [6.45, 7) is 5.43. The highest BCUT2D eigenvalue weighted by atomic mass is 19.4. The number of amides is 2. The van der Waals surface area contributed by atoms with Gasteiger partial charge in [0, 0.05) is 17.6 Å². The predicted octanol–water partition coefficient (Wildman–Crippen LogP) is 5.40. The Bertz CT molecular complexity index is 1250. The van der Waals surface area contributed by atoms with Gasteiger partial charge in [0.15, 0.2) is 0 Å². The number of halogens is 3. The number of imidazole rings is 1. The van der Waals surface area contributed by atoms with Crippen molar-refractivity contribution in [1.29, 1.82) is 0 Å². The third-order valence-corrected chi connectivity index (χ3v) is 6.07. The van der Waals surface area contributed by atoms with Crippen molar-refractivity contribution < 1.29 is 22.8 Å². The average molecular weight is 470 g/mol. The molecule has 2 N–H and O–H groups in total. The number of carbonyl (C=O) groups is 2. The fraction of sp³-hybridized carbons (Fsp3) is 0.320. The van der Waals surface area contributed by atoms with Crippen molar-refractivity contribution in [2.24, 2.45) is 0 Å². The number of fused-ring (bicyclic) bond motifs is 1. The molecule has 6 nitrogen and oxygen atoms in total. The lowest BCUT2D eigenvalue weighted by molar-refractivity contribution is -0.137. The van der Waals surface area contributed by atoms with Crippen molar-refractivity contribution >= 4 is 28.8 Å². The van der Waals surface area contributed by atoms with E-state index < -0.39 is 17.6 Å². The summed E-state index contributed by atoms with van der Waals surface area (Å²) in [5.41, 5.74) is 1.48. The highest BCUT2D eigenvalue weighted by molar-refractivity contribution is 6.04. The van der Waals surface area contributed by atoms with Crippen molar-refractivity contribution in [2.75, 3.05) is 5.32 Å². The molecule has 0 bridgehead atoms. The van der Waals surface area contributed by atoms with Crippen LogP contribution >= 0.6 is 0 Å². The second kappa shape index (κ2) is 9.32. The lowest BCUT2D eigenvalue weighted by Gasteiger charge is -2.31. The van der Waals surface area contributed by atoms with E-state index in [2.05, 4.69) is 22.2 Å². The number of aryl methyl sites for hydroxylation is 1. The minimum Gasteiger partial charge on any atom is -0.350 e. The lowest BCUT2D eigenvalue weighted by Crippen LogP contribution is -2.38. The number of benzene rings is 2. The molecule has 0 saturated heterocycles. The van der Waals surface area contributed by atoms with Gasteiger partial charge in [0.1, 0.15) is 0 Å². The third kappa shape index (κ3) is 4.98. The number of anilines is 1. The van der Waals surface area contributed by atoms with Crippen LogP contribution in [0.5, 0.6) is 0 Å². The maximum absolute atomic E-state index is 13.1. The second-order valence-corrected chi connectivity index (χ2v) is 8.56. The summed E-state index contributed by atoms with van der Waals surface area (Å²) in [7, 11) is 0. The SMILES string of the molecule is C=CC(=O)NC1CCCC(n2c(NC(=O)c3cccc(C(F)(F)F)c3)nc3cc(C)ccc32)C1. The Labute approximate surface area is 194 Å². The minimum atomic E-state index is -4.55. The maximum atomic E-state index is 13.1. The van der Waals surface area contributed by atoms with E-state index in [4.69, 9.17) is 0 Å². The van der Waals surface area contributed by atoms with Crippen LogP contribution < -0.4 is 10.6 Å². The molecule has 3 aromatic rings. The molecule has 1 aliphatic rings. The van der Waals surface area contributed by atoms with Gasteiger partial charge in [-0.25, -0.2) is 4.98 Å². The van der Waals surface area contributed by atoms with E-state index in [1.165, 1.54) is 18.2 Å². The van der Waals surface area contributed by atoms with Crippen LogP contribution in [0, 0.1) is 6.92 Å². The van der Waals surface area contributed by atoms with Crippen molar-refractivity contribution in [3.63, 3.8) is 0 Å². The van der Waals surface area contributed by atoms with Crippen molar-refractivity contribution in [2.45, 2.75) is 50.9 Å². The van der Waals surface area contributed by atoms with Gasteiger partial charge in [0.25, 0.3) is 5.91 Å². The van der Waals surface area contributed by atoms with Crippen LogP contribution in [0.25, 0.3) is 11.0 Å². The predicted molar refractivity (Wildman–Crippen MR) is 123 cm³/mol. The highest BCUT2D eigenvalue weighted by Crippen LogP contribution is 2.35. The highest BCUT2D eigenvalue weighted by Gasteiger charge is 2.31. The fourth-order valence-corrected chi connectivity index (χ4v) is 4.47. The molecule has 0 aliphatic heterocycles. The van der Waals surface area contributed by atoms with Gasteiger partial charge in [-0.15, -0.1) is 0 Å². The number of alkyl halides is 3. The number of hydrogen-bond acceptors (Lipinski definition) is 3. The second-order valence-electron chi connectivity index (χ2n) is 8.56. The Morgan fingerprint density at radius 2 is 1.97 bits per heavy atom. The zero-order chi connectivity index (χ0) is 24.5. The number of aromatic nitrogens is 2. The van der Waals surface area contributed by atoms with Gasteiger partial charge < -0.3 is 9.88 Å². The zero-order valence-corrected chi connectivity index (χ0v) is 18.7. The summed E-state index contributed by atoms with van der Waals surface area (Å²) in [5.74, 6) is -0.648. The van der Waals surface area contributed by atoms with E-state index >= 15 is 0 Å². The molecule has 2 unspecified atom stereocenters. The third-order valence-electron chi connectivity index (χ3n) is 6.07. The van der Waals surface area contributed by atoms with Crippen molar-refractivity contribution in [1.82, 2.24) is 14.9 Å². The summed E-state index contributed by atoms with van der Waals surface area (Å²) in [5, 5.41) is 5.66. The van der Waals surface area contributed by atoms with Crippen molar-refractivity contribution in [3.05, 3.63) is 71.8 Å². The molecular formula is C25H25F3N4O2. The summed E-state index contributed by atoms with van der Waals surface area (Å²) >= 11 is 0. The van der Waals surface area contributed by atoms with E-state index in [0.29, 0.717) is 11.9 Å². The van der Waals surface area contributed by atoms with Crippen molar-refractivity contribution in [3.8, 4) is 0 Å². The molecule has 2 aromatic carbocycles. The van der Waals surface area contributed by atoms with E-state index in [9.17, 15) is 22.8 Å². The lowest BCUT2D eigenvalue weighted by atomic mass is 9.90. The molecule has 4 rings (SSSR count). The fourth-order valence-electron chi connectivity index (χ4n) is 4.47. The molecular weight excluding hydrogens is 445 g/mol. The zero-order valence-electron chi connectivity index (χ0n) is 18.7. The van der Waals surface area contributed by atoms with Crippen LogP contribution in [0.2, 0.25) is 0 Å². The number of hydrogen-bond donors (Lipinski definition) is 2. The van der Waals surface area contributed by atoms with E-state index in [-0.39, 0.29) is 29.5 Å². The average Bonchev–Trinajstić information content (AvgIpc) is 3.15. The number of rotatable bonds is 5. The molecule has 1 fully saturated rings. The van der Waals surface area contributed by atoms with E-state index in [0.717, 1.165) is 42.5 Å². The largest absolute Gasteiger partial charge is 0.416 e. The molecule has 2 atom stereocenters. The number of carbonyl (C=O) groups excluding carboxylic acids is 2. The first-order valence-electron chi connectivity index (χ1n) is 11.1. The molecule has 1 saturated carbocycles. The summed E-state index contributed by atoms with van der Waals surface area (Å²) in [4.78, 5) is 29.3. The van der Waals surface area contributed by atoms with Gasteiger partial charge in [0.05, 0.1) is 16.6 Å². The minimum absolute atomic E-state index is 0.0563. The van der Waals surface area contributed by atoms with Crippen LogP contribution in [-0.2, 0) is 11.0 Å². The molecule has 2 amide bonds. The number of nitrogens with zero attached hydrogens (tertiary/aromatic N) is 2. The molecule has 1 aliphatic carbocycles. The molecule has 9 heteroatoms. The smallest absolute Gasteiger partial charge is 0.350 e. The van der Waals surface area contributed by atoms with Crippen LogP contribution in [0.15, 0.2) is 55.1 Å². The Balaban J connectivity index is 1.68. The molecule has 178 valence electrons. The normalized spacial score (nSPS) is 18.5. The first-order valence-corrected chi connectivity index (χ1v) is 11.1. The van der Waals surface area contributed by atoms with Crippen LogP contribution in [0.3, 0.4) is 0 Å². The first-order chi connectivity index (χ1) is 16.2.